The van der Waals surface area contributed by atoms with Crippen LogP contribution in [0.3, 0.4) is 0 Å². The van der Waals surface area contributed by atoms with E-state index in [2.05, 4.69) is 16.6 Å². The lowest BCUT2D eigenvalue weighted by Gasteiger charge is -2.06. The Hall–Kier alpha value is -1.83. The highest BCUT2D eigenvalue weighted by Gasteiger charge is 2.18. The van der Waals surface area contributed by atoms with Gasteiger partial charge in [0, 0.05) is 18.8 Å². The number of nitrogens with zero attached hydrogens (tertiary/aromatic N) is 2. The molecule has 0 aliphatic rings. The fraction of sp³-hybridized carbons (Fsp3) is 0.500. The zero-order valence-electron chi connectivity index (χ0n) is 11.2. The van der Waals surface area contributed by atoms with Gasteiger partial charge in [-0.1, -0.05) is 6.42 Å². The topological polar surface area (TPSA) is 105 Å². The van der Waals surface area contributed by atoms with Gasteiger partial charge in [-0.25, -0.2) is 9.78 Å². The van der Waals surface area contributed by atoms with Gasteiger partial charge >= 0.3 is 11.7 Å². The first-order chi connectivity index (χ1) is 9.56. The lowest BCUT2D eigenvalue weighted by Crippen LogP contribution is -2.08. The maximum Gasteiger partial charge on any atom is 0.337 e. The van der Waals surface area contributed by atoms with Gasteiger partial charge in [-0.3, -0.25) is 10.1 Å². The van der Waals surface area contributed by atoms with E-state index in [0.717, 1.165) is 37.3 Å². The summed E-state index contributed by atoms with van der Waals surface area (Å²) in [6.07, 6.45) is 6.20. The van der Waals surface area contributed by atoms with Crippen LogP contribution >= 0.6 is 11.8 Å². The Bertz CT molecular complexity index is 482. The average Bonchev–Trinajstić information content (AvgIpc) is 2.42. The van der Waals surface area contributed by atoms with Crippen LogP contribution in [-0.2, 0) is 0 Å². The van der Waals surface area contributed by atoms with E-state index in [1.54, 1.807) is 11.8 Å². The molecule has 1 rings (SSSR count). The van der Waals surface area contributed by atoms with Crippen molar-refractivity contribution in [2.45, 2.75) is 19.3 Å². The van der Waals surface area contributed by atoms with Gasteiger partial charge in [0.2, 0.25) is 5.82 Å². The molecule has 0 fully saturated rings. The number of nitrogens with one attached hydrogen (secondary N) is 1. The minimum absolute atomic E-state index is 0.116. The highest BCUT2D eigenvalue weighted by molar-refractivity contribution is 7.98. The molecule has 0 atom stereocenters. The van der Waals surface area contributed by atoms with Crippen molar-refractivity contribution >= 4 is 29.2 Å². The van der Waals surface area contributed by atoms with E-state index >= 15 is 0 Å². The highest BCUT2D eigenvalue weighted by Crippen LogP contribution is 2.22. The Balaban J connectivity index is 2.60. The second-order valence-corrected chi connectivity index (χ2v) is 5.12. The molecule has 0 saturated heterocycles. The molecule has 0 spiro atoms. The maximum atomic E-state index is 10.9. The van der Waals surface area contributed by atoms with Crippen LogP contribution in [0.5, 0.6) is 0 Å². The SMILES string of the molecule is CSCCCCCNc1ncc(C(=O)O)cc1[N+](=O)[O-]. The predicted octanol–water partition coefficient (Wildman–Crippen LogP) is 2.63. The normalized spacial score (nSPS) is 10.2. The number of carbonyl (C=O) groups is 1. The molecule has 1 aromatic heterocycles. The monoisotopic (exact) mass is 299 g/mol. The van der Waals surface area contributed by atoms with Crippen LogP contribution in [0.4, 0.5) is 11.5 Å². The average molecular weight is 299 g/mol. The smallest absolute Gasteiger partial charge is 0.337 e. The molecule has 1 aromatic rings. The molecule has 0 bridgehead atoms. The third-order valence-electron chi connectivity index (χ3n) is 2.63. The number of nitro groups is 1. The van der Waals surface area contributed by atoms with Gasteiger partial charge in [-0.2, -0.15) is 11.8 Å². The van der Waals surface area contributed by atoms with Crippen LogP contribution in [0, 0.1) is 10.1 Å². The Morgan fingerprint density at radius 2 is 2.25 bits per heavy atom. The van der Waals surface area contributed by atoms with E-state index < -0.39 is 10.9 Å². The van der Waals surface area contributed by atoms with Crippen LogP contribution in [0.1, 0.15) is 29.6 Å². The van der Waals surface area contributed by atoms with Gasteiger partial charge in [0.05, 0.1) is 10.5 Å². The first kappa shape index (κ1) is 16.2. The summed E-state index contributed by atoms with van der Waals surface area (Å²) in [6, 6.07) is 1.02. The fourth-order valence-corrected chi connectivity index (χ4v) is 2.09. The van der Waals surface area contributed by atoms with E-state index in [-0.39, 0.29) is 17.1 Å². The number of thioether (sulfide) groups is 1. The predicted molar refractivity (Wildman–Crippen MR) is 78.6 cm³/mol. The molecule has 0 aromatic carbocycles. The zero-order valence-corrected chi connectivity index (χ0v) is 12.0. The molecular weight excluding hydrogens is 282 g/mol. The van der Waals surface area contributed by atoms with E-state index in [1.165, 1.54) is 0 Å². The van der Waals surface area contributed by atoms with E-state index in [9.17, 15) is 14.9 Å². The Morgan fingerprint density at radius 3 is 2.85 bits per heavy atom. The third-order valence-corrected chi connectivity index (χ3v) is 3.33. The van der Waals surface area contributed by atoms with Crippen LogP contribution in [0.2, 0.25) is 0 Å². The lowest BCUT2D eigenvalue weighted by molar-refractivity contribution is -0.384. The minimum Gasteiger partial charge on any atom is -0.478 e. The Kier molecular flexibility index (Phi) is 6.78. The molecule has 1 heterocycles. The first-order valence-corrected chi connectivity index (χ1v) is 7.56. The largest absolute Gasteiger partial charge is 0.478 e. The van der Waals surface area contributed by atoms with Crippen molar-refractivity contribution in [1.29, 1.82) is 0 Å². The van der Waals surface area contributed by atoms with Crippen molar-refractivity contribution in [1.82, 2.24) is 4.98 Å². The molecule has 110 valence electrons. The number of pyridine rings is 1. The Labute approximate surface area is 120 Å². The number of anilines is 1. The fourth-order valence-electron chi connectivity index (χ4n) is 1.60. The summed E-state index contributed by atoms with van der Waals surface area (Å²) in [5, 5.41) is 22.6. The molecule has 8 heteroatoms. The van der Waals surface area contributed by atoms with E-state index in [0.29, 0.717) is 6.54 Å². The summed E-state index contributed by atoms with van der Waals surface area (Å²) in [7, 11) is 0. The molecule has 0 saturated carbocycles. The van der Waals surface area contributed by atoms with Crippen LogP contribution in [-0.4, -0.2) is 39.5 Å². The highest BCUT2D eigenvalue weighted by atomic mass is 32.2. The van der Waals surface area contributed by atoms with Gasteiger partial charge in [0.1, 0.15) is 0 Å². The van der Waals surface area contributed by atoms with Crippen molar-refractivity contribution < 1.29 is 14.8 Å². The number of aromatic carboxylic acids is 1. The second-order valence-electron chi connectivity index (χ2n) is 4.13. The third kappa shape index (κ3) is 5.04. The van der Waals surface area contributed by atoms with Gasteiger partial charge in [-0.15, -0.1) is 0 Å². The summed E-state index contributed by atoms with van der Waals surface area (Å²) in [5.41, 5.74) is -0.503. The van der Waals surface area contributed by atoms with Crippen LogP contribution < -0.4 is 5.32 Å². The van der Waals surface area contributed by atoms with Gasteiger partial charge in [0.15, 0.2) is 0 Å². The maximum absolute atomic E-state index is 10.9. The van der Waals surface area contributed by atoms with Crippen molar-refractivity contribution in [3.63, 3.8) is 0 Å². The molecule has 0 aliphatic heterocycles. The van der Waals surface area contributed by atoms with Gasteiger partial charge in [0.25, 0.3) is 0 Å². The zero-order chi connectivity index (χ0) is 15.0. The standard InChI is InChI=1S/C12H17N3O4S/c1-20-6-4-2-3-5-13-11-10(15(18)19)7-9(8-14-11)12(16)17/h7-8H,2-6H2,1H3,(H,13,14)(H,16,17). The summed E-state index contributed by atoms with van der Waals surface area (Å²) >= 11 is 1.79. The number of rotatable bonds is 9. The quantitative estimate of drug-likeness (QED) is 0.410. The number of aromatic nitrogens is 1. The Morgan fingerprint density at radius 1 is 1.50 bits per heavy atom. The molecule has 0 amide bonds. The summed E-state index contributed by atoms with van der Waals surface area (Å²) in [4.78, 5) is 24.9. The van der Waals surface area contributed by atoms with E-state index in [4.69, 9.17) is 5.11 Å². The number of carboxylic acid groups (broad SMARTS) is 1. The molecule has 20 heavy (non-hydrogen) atoms. The van der Waals surface area contributed by atoms with Crippen molar-refractivity contribution in [3.05, 3.63) is 27.9 Å². The molecular formula is C12H17N3O4S. The number of unbranched alkanes of at least 4 members (excludes halogenated alkanes) is 2. The molecule has 0 radical (unpaired) electrons. The van der Waals surface area contributed by atoms with Crippen molar-refractivity contribution in [3.8, 4) is 0 Å². The van der Waals surface area contributed by atoms with Gasteiger partial charge < -0.3 is 10.4 Å². The number of hydrogen-bond donors (Lipinski definition) is 2. The van der Waals surface area contributed by atoms with Crippen LogP contribution in [0.25, 0.3) is 0 Å². The molecule has 0 unspecified atom stereocenters. The van der Waals surface area contributed by atoms with Gasteiger partial charge in [-0.05, 0) is 24.9 Å². The summed E-state index contributed by atoms with van der Waals surface area (Å²) < 4.78 is 0. The molecule has 0 aliphatic carbocycles. The first-order valence-electron chi connectivity index (χ1n) is 6.16. The summed E-state index contributed by atoms with van der Waals surface area (Å²) in [5.74, 6) is -0.0137. The minimum atomic E-state index is -1.23. The number of carboxylic acids is 1. The number of hydrogen-bond acceptors (Lipinski definition) is 6. The van der Waals surface area contributed by atoms with Crippen molar-refractivity contribution in [2.24, 2.45) is 0 Å². The molecule has 7 nitrogen and oxygen atoms in total. The lowest BCUT2D eigenvalue weighted by atomic mass is 10.2. The second kappa shape index (κ2) is 8.36. The van der Waals surface area contributed by atoms with E-state index in [1.807, 2.05) is 0 Å². The van der Waals surface area contributed by atoms with Crippen LogP contribution in [0.15, 0.2) is 12.3 Å². The van der Waals surface area contributed by atoms with Crippen molar-refractivity contribution in [2.75, 3.05) is 23.9 Å². The summed E-state index contributed by atoms with van der Waals surface area (Å²) in [6.45, 7) is 0.578. The molecule has 2 N–H and O–H groups in total.